The molecular formula is C41H64O14P2S2. The number of ketones is 4. The first-order valence-corrected chi connectivity index (χ1v) is 24.5. The molecule has 14 nitrogen and oxygen atoms in total. The molecule has 0 aromatic heterocycles. The number of thioether (sulfide) groups is 1. The molecule has 0 fully saturated rings. The Kier molecular flexibility index (Phi) is 26.6. The Morgan fingerprint density at radius 3 is 1.41 bits per heavy atom. The van der Waals surface area contributed by atoms with Crippen molar-refractivity contribution in [3.8, 4) is 0 Å². The van der Waals surface area contributed by atoms with E-state index in [1.807, 2.05) is 66.9 Å². The fourth-order valence-corrected chi connectivity index (χ4v) is 7.65. The third kappa shape index (κ3) is 24.9. The molecule has 2 aromatic carbocycles. The molecule has 2 unspecified atom stereocenters. The summed E-state index contributed by atoms with van der Waals surface area (Å²) in [6.45, 7) is 5.61. The van der Waals surface area contributed by atoms with E-state index in [1.54, 1.807) is 25.6 Å². The van der Waals surface area contributed by atoms with Gasteiger partial charge in [-0.1, -0.05) is 88.4 Å². The maximum Gasteiger partial charge on any atom is 0.475 e. The Bertz CT molecular complexity index is 1590. The molecular weight excluding hydrogens is 843 g/mol. The number of hydrogen-bond donors (Lipinski definition) is 5. The lowest BCUT2D eigenvalue weighted by molar-refractivity contribution is -0.135. The fourth-order valence-electron chi connectivity index (χ4n) is 5.23. The van der Waals surface area contributed by atoms with Gasteiger partial charge >= 0.3 is 15.6 Å². The monoisotopic (exact) mass is 906 g/mol. The maximum absolute atomic E-state index is 13.5. The Labute approximate surface area is 359 Å². The Morgan fingerprint density at radius 2 is 1.02 bits per heavy atom. The molecule has 59 heavy (non-hydrogen) atoms. The Hall–Kier alpha value is -2.04. The maximum atomic E-state index is 13.5. The summed E-state index contributed by atoms with van der Waals surface area (Å²) in [5.74, 6) is 0.909. The number of Topliss-reactive ketones (excluding diaryl/α,β-unsaturated/α-hetero) is 4. The number of hydrogen-bond acceptors (Lipinski definition) is 14. The third-order valence-corrected chi connectivity index (χ3v) is 11.7. The zero-order valence-corrected chi connectivity index (χ0v) is 38.4. The van der Waals surface area contributed by atoms with Crippen LogP contribution >= 0.6 is 40.0 Å². The molecule has 0 saturated heterocycles. The molecule has 334 valence electrons. The van der Waals surface area contributed by atoms with Gasteiger partial charge in [-0.2, -0.15) is 24.4 Å². The van der Waals surface area contributed by atoms with Gasteiger partial charge in [-0.15, -0.1) is 0 Å². The average molecular weight is 907 g/mol. The van der Waals surface area contributed by atoms with Gasteiger partial charge in [-0.05, 0) is 54.6 Å². The SMILES string of the molecule is CC(C)(COP(=O)(O)O)C(O)C(=O)CCCC(=O)CCCS.CSCCCC(=O)CCCC(=O)C(O)C(C)(C)COP(=O)(OCc1ccccc1)OCc1ccccc1. The van der Waals surface area contributed by atoms with Crippen LogP contribution in [0.4, 0.5) is 0 Å². The second-order valence-corrected chi connectivity index (χ2v) is 19.8. The van der Waals surface area contributed by atoms with Crippen molar-refractivity contribution in [2.75, 3.05) is 31.0 Å². The molecule has 0 spiro atoms. The molecule has 0 saturated carbocycles. The van der Waals surface area contributed by atoms with Crippen molar-refractivity contribution in [3.05, 3.63) is 71.8 Å². The first-order chi connectivity index (χ1) is 27.6. The molecule has 0 heterocycles. The van der Waals surface area contributed by atoms with E-state index < -0.39 is 51.1 Å². The van der Waals surface area contributed by atoms with Gasteiger partial charge in [0.15, 0.2) is 11.6 Å². The van der Waals surface area contributed by atoms with Gasteiger partial charge in [0.25, 0.3) is 0 Å². The average Bonchev–Trinajstić information content (AvgIpc) is 3.20. The van der Waals surface area contributed by atoms with E-state index in [0.29, 0.717) is 44.3 Å². The van der Waals surface area contributed by atoms with Gasteiger partial charge in [0.1, 0.15) is 23.8 Å². The van der Waals surface area contributed by atoms with E-state index in [-0.39, 0.29) is 56.4 Å². The van der Waals surface area contributed by atoms with Gasteiger partial charge in [0, 0.05) is 49.4 Å². The van der Waals surface area contributed by atoms with Crippen molar-refractivity contribution in [2.24, 2.45) is 10.8 Å². The molecule has 0 radical (unpaired) electrons. The van der Waals surface area contributed by atoms with E-state index in [2.05, 4.69) is 17.2 Å². The van der Waals surface area contributed by atoms with E-state index in [4.69, 9.17) is 23.4 Å². The first-order valence-electron chi connectivity index (χ1n) is 19.5. The van der Waals surface area contributed by atoms with Crippen LogP contribution in [0.5, 0.6) is 0 Å². The van der Waals surface area contributed by atoms with Crippen molar-refractivity contribution in [2.45, 2.75) is 117 Å². The normalized spacial score (nSPS) is 13.3. The lowest BCUT2D eigenvalue weighted by atomic mass is 9.84. The lowest BCUT2D eigenvalue weighted by Crippen LogP contribution is -2.39. The number of aliphatic hydroxyl groups is 2. The first kappa shape index (κ1) is 55.0. The minimum Gasteiger partial charge on any atom is -0.385 e. The van der Waals surface area contributed by atoms with Gasteiger partial charge < -0.3 is 20.0 Å². The molecule has 0 aliphatic rings. The summed E-state index contributed by atoms with van der Waals surface area (Å²) in [7, 11) is -8.68. The molecule has 4 N–H and O–H groups in total. The van der Waals surface area contributed by atoms with Crippen molar-refractivity contribution >= 4 is 63.2 Å². The van der Waals surface area contributed by atoms with Crippen LogP contribution in [-0.4, -0.2) is 86.3 Å². The van der Waals surface area contributed by atoms with Crippen molar-refractivity contribution < 1.29 is 66.4 Å². The smallest absolute Gasteiger partial charge is 0.385 e. The Morgan fingerprint density at radius 1 is 0.627 bits per heavy atom. The largest absolute Gasteiger partial charge is 0.475 e. The van der Waals surface area contributed by atoms with Crippen LogP contribution in [0, 0.1) is 10.8 Å². The Balaban J connectivity index is 0.000000677. The molecule has 0 amide bonds. The topological polar surface area (TPSA) is 220 Å². The highest BCUT2D eigenvalue weighted by atomic mass is 32.2. The molecule has 0 aliphatic carbocycles. The van der Waals surface area contributed by atoms with Crippen LogP contribution < -0.4 is 0 Å². The van der Waals surface area contributed by atoms with Crippen LogP contribution in [0.2, 0.25) is 0 Å². The molecule has 18 heteroatoms. The number of carbonyl (C=O) groups excluding carboxylic acids is 4. The van der Waals surface area contributed by atoms with Crippen molar-refractivity contribution in [1.29, 1.82) is 0 Å². The number of thiol groups is 1. The number of aliphatic hydroxyl groups excluding tert-OH is 2. The van der Waals surface area contributed by atoms with E-state index in [9.17, 15) is 38.5 Å². The molecule has 2 aromatic rings. The highest BCUT2D eigenvalue weighted by molar-refractivity contribution is 7.98. The van der Waals surface area contributed by atoms with Crippen molar-refractivity contribution in [1.82, 2.24) is 0 Å². The summed E-state index contributed by atoms with van der Waals surface area (Å²) in [6.07, 6.45) is 3.16. The lowest BCUT2D eigenvalue weighted by Gasteiger charge is -2.30. The zero-order chi connectivity index (χ0) is 44.5. The number of carbonyl (C=O) groups is 4. The molecule has 2 atom stereocenters. The van der Waals surface area contributed by atoms with E-state index in [1.165, 1.54) is 13.8 Å². The van der Waals surface area contributed by atoms with E-state index >= 15 is 0 Å². The standard InChI is InChI=1S/C28H39O7PS.C13H25O7PS/c1-28(2,27(31)26(30)18-10-16-25(29)17-11-19-37-3)22-35-36(32,33-20-23-12-6-4-7-13-23)34-21-24-14-8-5-9-15-24;1-13(2,9-20-21(17,18)19)12(16)11(15)7-3-5-10(14)6-4-8-22/h4-9,12-15,27,31H,10-11,16-22H2,1-3H3;12,16,22H,3-9H2,1-2H3,(H2,17,18,19). The molecule has 2 rings (SSSR count). The van der Waals surface area contributed by atoms with Crippen LogP contribution in [-0.2, 0) is 59.6 Å². The van der Waals surface area contributed by atoms with Gasteiger partial charge in [-0.25, -0.2) is 9.13 Å². The second-order valence-electron chi connectivity index (χ2n) is 15.4. The van der Waals surface area contributed by atoms with Crippen LogP contribution in [0.3, 0.4) is 0 Å². The van der Waals surface area contributed by atoms with Crippen molar-refractivity contribution in [3.63, 3.8) is 0 Å². The number of benzene rings is 2. The number of phosphoric ester groups is 2. The minimum atomic E-state index is -4.65. The summed E-state index contributed by atoms with van der Waals surface area (Å²) in [5, 5.41) is 20.7. The second kappa shape index (κ2) is 28.5. The minimum absolute atomic E-state index is 0.0137. The summed E-state index contributed by atoms with van der Waals surface area (Å²) in [4.78, 5) is 65.2. The van der Waals surface area contributed by atoms with Crippen LogP contribution in [0.15, 0.2) is 60.7 Å². The predicted molar refractivity (Wildman–Crippen MR) is 232 cm³/mol. The quantitative estimate of drug-likeness (QED) is 0.0276. The number of phosphoric acid groups is 2. The zero-order valence-electron chi connectivity index (χ0n) is 34.9. The summed E-state index contributed by atoms with van der Waals surface area (Å²) < 4.78 is 45.4. The predicted octanol–water partition coefficient (Wildman–Crippen LogP) is 7.88. The van der Waals surface area contributed by atoms with Gasteiger partial charge in [0.05, 0.1) is 26.4 Å². The summed E-state index contributed by atoms with van der Waals surface area (Å²) in [6, 6.07) is 18.5. The highest BCUT2D eigenvalue weighted by Crippen LogP contribution is 2.52. The highest BCUT2D eigenvalue weighted by Gasteiger charge is 2.38. The third-order valence-electron chi connectivity index (χ3n) is 8.93. The summed E-state index contributed by atoms with van der Waals surface area (Å²) >= 11 is 5.71. The number of rotatable bonds is 31. The fraction of sp³-hybridized carbons (Fsp3) is 0.610. The van der Waals surface area contributed by atoms with E-state index in [0.717, 1.165) is 23.3 Å². The molecule has 0 bridgehead atoms. The summed E-state index contributed by atoms with van der Waals surface area (Å²) in [5.41, 5.74) is -0.588. The van der Waals surface area contributed by atoms with Crippen LogP contribution in [0.1, 0.15) is 103 Å². The molecule has 0 aliphatic heterocycles. The van der Waals surface area contributed by atoms with Gasteiger partial charge in [0.2, 0.25) is 0 Å². The van der Waals surface area contributed by atoms with Crippen LogP contribution in [0.25, 0.3) is 0 Å². The van der Waals surface area contributed by atoms with Gasteiger partial charge in [-0.3, -0.25) is 37.3 Å².